The quantitative estimate of drug-likeness (QED) is 0.720. The Bertz CT molecular complexity index is 338. The van der Waals surface area contributed by atoms with Gasteiger partial charge in [0.2, 0.25) is 0 Å². The van der Waals surface area contributed by atoms with Crippen molar-refractivity contribution in [2.75, 3.05) is 19.0 Å². The maximum Gasteiger partial charge on any atom is 0.269 e. The Balaban J connectivity index is 3.27. The number of nitrogens with zero attached hydrogens (tertiary/aromatic N) is 2. The molecule has 1 rings (SSSR count). The lowest BCUT2D eigenvalue weighted by atomic mass is 10.2. The largest absolute Gasteiger partial charge is 0.376 e. The zero-order valence-electron chi connectivity index (χ0n) is 7.41. The molecule has 4 nitrogen and oxygen atoms in total. The van der Waals surface area contributed by atoms with Gasteiger partial charge in [0.1, 0.15) is 5.15 Å². The number of amides is 1. The van der Waals surface area contributed by atoms with Gasteiger partial charge in [-0.15, -0.1) is 0 Å². The van der Waals surface area contributed by atoms with Crippen LogP contribution in [0.2, 0.25) is 5.15 Å². The van der Waals surface area contributed by atoms with Crippen LogP contribution in [0.25, 0.3) is 0 Å². The van der Waals surface area contributed by atoms with E-state index in [2.05, 4.69) is 4.98 Å². The van der Waals surface area contributed by atoms with Gasteiger partial charge in [0.15, 0.2) is 5.69 Å². The molecule has 1 heterocycles. The molecule has 0 saturated carbocycles. The van der Waals surface area contributed by atoms with E-state index in [1.54, 1.807) is 31.1 Å². The van der Waals surface area contributed by atoms with E-state index in [1.807, 2.05) is 0 Å². The van der Waals surface area contributed by atoms with Crippen LogP contribution in [0.5, 0.6) is 0 Å². The topological polar surface area (TPSA) is 59.2 Å². The van der Waals surface area contributed by atoms with Crippen molar-refractivity contribution in [3.8, 4) is 0 Å². The highest BCUT2D eigenvalue weighted by atomic mass is 35.5. The van der Waals surface area contributed by atoms with E-state index in [0.29, 0.717) is 5.69 Å². The first-order valence-corrected chi connectivity index (χ1v) is 4.04. The fraction of sp³-hybridized carbons (Fsp3) is 0.250. The molecule has 0 radical (unpaired) electrons. The molecule has 13 heavy (non-hydrogen) atoms. The molecule has 0 bridgehead atoms. The fourth-order valence-electron chi connectivity index (χ4n) is 0.970. The van der Waals surface area contributed by atoms with E-state index >= 15 is 0 Å². The Morgan fingerprint density at radius 2 is 2.15 bits per heavy atom. The lowest BCUT2D eigenvalue weighted by Gasteiger charge is -2.14. The van der Waals surface area contributed by atoms with E-state index in [1.165, 1.54) is 0 Å². The lowest BCUT2D eigenvalue weighted by molar-refractivity contribution is 0.0996. The number of halogens is 1. The summed E-state index contributed by atoms with van der Waals surface area (Å²) in [5.41, 5.74) is 5.99. The van der Waals surface area contributed by atoms with Crippen LogP contribution in [0.3, 0.4) is 0 Å². The molecular formula is C8H10ClN3O. The van der Waals surface area contributed by atoms with Crippen LogP contribution < -0.4 is 10.6 Å². The van der Waals surface area contributed by atoms with Gasteiger partial charge in [0.05, 0.1) is 5.69 Å². The second-order valence-corrected chi connectivity index (χ2v) is 3.15. The van der Waals surface area contributed by atoms with Crippen LogP contribution >= 0.6 is 11.6 Å². The van der Waals surface area contributed by atoms with Gasteiger partial charge in [0.25, 0.3) is 5.91 Å². The predicted molar refractivity (Wildman–Crippen MR) is 52.1 cm³/mol. The molecule has 0 aromatic carbocycles. The maximum absolute atomic E-state index is 11.0. The molecule has 70 valence electrons. The standard InChI is InChI=1S/C8H10ClN3O/c1-12(2)5-3-4-6(9)11-7(5)8(10)13/h3-4H,1-2H3,(H2,10,13). The minimum absolute atomic E-state index is 0.192. The Morgan fingerprint density at radius 3 is 2.62 bits per heavy atom. The summed E-state index contributed by atoms with van der Waals surface area (Å²) in [5, 5.41) is 0.263. The SMILES string of the molecule is CN(C)c1ccc(Cl)nc1C(N)=O. The van der Waals surface area contributed by atoms with Crippen molar-refractivity contribution in [1.29, 1.82) is 0 Å². The van der Waals surface area contributed by atoms with Crippen molar-refractivity contribution in [2.45, 2.75) is 0 Å². The Morgan fingerprint density at radius 1 is 1.54 bits per heavy atom. The summed E-state index contributed by atoms with van der Waals surface area (Å²) in [6.45, 7) is 0. The lowest BCUT2D eigenvalue weighted by Crippen LogP contribution is -2.20. The van der Waals surface area contributed by atoms with E-state index in [0.717, 1.165) is 0 Å². The Kier molecular flexibility index (Phi) is 2.72. The molecule has 0 saturated heterocycles. The van der Waals surface area contributed by atoms with E-state index in [-0.39, 0.29) is 10.8 Å². The first-order chi connectivity index (χ1) is 6.02. The van der Waals surface area contributed by atoms with Crippen molar-refractivity contribution in [2.24, 2.45) is 5.73 Å². The molecule has 0 unspecified atom stereocenters. The van der Waals surface area contributed by atoms with Crippen LogP contribution in [0.1, 0.15) is 10.5 Å². The first-order valence-electron chi connectivity index (χ1n) is 3.66. The number of hydrogen-bond donors (Lipinski definition) is 1. The van der Waals surface area contributed by atoms with E-state index in [4.69, 9.17) is 17.3 Å². The minimum Gasteiger partial charge on any atom is -0.376 e. The Hall–Kier alpha value is -1.29. The molecular weight excluding hydrogens is 190 g/mol. The summed E-state index contributed by atoms with van der Waals surface area (Å²) in [7, 11) is 3.61. The van der Waals surface area contributed by atoms with Gasteiger partial charge in [-0.25, -0.2) is 4.98 Å². The van der Waals surface area contributed by atoms with Gasteiger partial charge >= 0.3 is 0 Å². The molecule has 0 aliphatic heterocycles. The minimum atomic E-state index is -0.578. The highest BCUT2D eigenvalue weighted by molar-refractivity contribution is 6.29. The number of primary amides is 1. The smallest absolute Gasteiger partial charge is 0.269 e. The molecule has 0 atom stereocenters. The normalized spacial score (nSPS) is 9.77. The van der Waals surface area contributed by atoms with Crippen LogP contribution in [0.15, 0.2) is 12.1 Å². The molecule has 0 aliphatic carbocycles. The number of pyridine rings is 1. The zero-order valence-corrected chi connectivity index (χ0v) is 8.17. The molecule has 1 amide bonds. The average molecular weight is 200 g/mol. The van der Waals surface area contributed by atoms with Gasteiger partial charge in [0, 0.05) is 14.1 Å². The molecule has 0 spiro atoms. The number of rotatable bonds is 2. The summed E-state index contributed by atoms with van der Waals surface area (Å²) in [6, 6.07) is 3.32. The zero-order chi connectivity index (χ0) is 10.0. The van der Waals surface area contributed by atoms with Crippen molar-refractivity contribution in [1.82, 2.24) is 4.98 Å². The number of carbonyl (C=O) groups is 1. The summed E-state index contributed by atoms with van der Waals surface area (Å²) < 4.78 is 0. The average Bonchev–Trinajstić information content (AvgIpc) is 2.03. The first kappa shape index (κ1) is 9.80. The summed E-state index contributed by atoms with van der Waals surface area (Å²) in [5.74, 6) is -0.578. The Labute approximate surface area is 81.3 Å². The summed E-state index contributed by atoms with van der Waals surface area (Å²) in [4.78, 5) is 16.5. The second kappa shape index (κ2) is 3.62. The highest BCUT2D eigenvalue weighted by Gasteiger charge is 2.11. The van der Waals surface area contributed by atoms with Gasteiger partial charge < -0.3 is 10.6 Å². The number of aromatic nitrogens is 1. The van der Waals surface area contributed by atoms with Crippen LogP contribution in [0.4, 0.5) is 5.69 Å². The number of hydrogen-bond acceptors (Lipinski definition) is 3. The summed E-state index contributed by atoms with van der Waals surface area (Å²) >= 11 is 5.63. The fourth-order valence-corrected chi connectivity index (χ4v) is 1.12. The predicted octanol–water partition coefficient (Wildman–Crippen LogP) is 0.900. The van der Waals surface area contributed by atoms with E-state index < -0.39 is 5.91 Å². The van der Waals surface area contributed by atoms with Crippen LogP contribution in [-0.4, -0.2) is 25.0 Å². The van der Waals surface area contributed by atoms with Gasteiger partial charge in [-0.3, -0.25) is 4.79 Å². The van der Waals surface area contributed by atoms with Crippen molar-refractivity contribution in [3.05, 3.63) is 23.0 Å². The van der Waals surface area contributed by atoms with Gasteiger partial charge in [-0.05, 0) is 12.1 Å². The van der Waals surface area contributed by atoms with Gasteiger partial charge in [-0.1, -0.05) is 11.6 Å². The molecule has 2 N–H and O–H groups in total. The third-order valence-corrected chi connectivity index (χ3v) is 1.77. The van der Waals surface area contributed by atoms with Crippen molar-refractivity contribution < 1.29 is 4.79 Å². The van der Waals surface area contributed by atoms with Gasteiger partial charge in [-0.2, -0.15) is 0 Å². The molecule has 0 aliphatic rings. The van der Waals surface area contributed by atoms with Crippen LogP contribution in [-0.2, 0) is 0 Å². The number of carbonyl (C=O) groups excluding carboxylic acids is 1. The van der Waals surface area contributed by atoms with Crippen molar-refractivity contribution >= 4 is 23.2 Å². The van der Waals surface area contributed by atoms with E-state index in [9.17, 15) is 4.79 Å². The number of anilines is 1. The molecule has 1 aromatic heterocycles. The third kappa shape index (κ3) is 2.09. The molecule has 5 heteroatoms. The highest BCUT2D eigenvalue weighted by Crippen LogP contribution is 2.18. The monoisotopic (exact) mass is 199 g/mol. The second-order valence-electron chi connectivity index (χ2n) is 2.76. The summed E-state index contributed by atoms with van der Waals surface area (Å²) in [6.07, 6.45) is 0. The third-order valence-electron chi connectivity index (χ3n) is 1.56. The maximum atomic E-state index is 11.0. The van der Waals surface area contributed by atoms with Crippen LogP contribution in [0, 0.1) is 0 Å². The number of nitrogens with two attached hydrogens (primary N) is 1. The molecule has 1 aromatic rings. The molecule has 0 fully saturated rings. The van der Waals surface area contributed by atoms with Crippen molar-refractivity contribution in [3.63, 3.8) is 0 Å².